The lowest BCUT2D eigenvalue weighted by atomic mass is 10.00. The van der Waals surface area contributed by atoms with Gasteiger partial charge in [-0.05, 0) is 36.6 Å². The van der Waals surface area contributed by atoms with Crippen molar-refractivity contribution in [3.8, 4) is 0 Å². The summed E-state index contributed by atoms with van der Waals surface area (Å²) < 4.78 is 5.33. The van der Waals surface area contributed by atoms with Gasteiger partial charge in [-0.3, -0.25) is 0 Å². The van der Waals surface area contributed by atoms with E-state index in [1.165, 1.54) is 38.5 Å². The van der Waals surface area contributed by atoms with E-state index in [1.54, 1.807) is 0 Å². The van der Waals surface area contributed by atoms with Crippen LogP contribution in [0.2, 0.25) is 0 Å². The average Bonchev–Trinajstić information content (AvgIpc) is 2.80. The molecule has 0 amide bonds. The van der Waals surface area contributed by atoms with E-state index in [1.807, 2.05) is 36.4 Å². The summed E-state index contributed by atoms with van der Waals surface area (Å²) in [5.41, 5.74) is 7.50. The van der Waals surface area contributed by atoms with Crippen molar-refractivity contribution in [1.29, 1.82) is 0 Å². The first kappa shape index (κ1) is 13.9. The van der Waals surface area contributed by atoms with Gasteiger partial charge in [-0.25, -0.2) is 0 Å². The smallest absolute Gasteiger partial charge is 0.250 e. The molecule has 1 aliphatic rings. The van der Waals surface area contributed by atoms with E-state index in [4.69, 9.17) is 10.3 Å². The molecule has 1 aliphatic carbocycles. The zero-order chi connectivity index (χ0) is 14.5. The molecule has 3 rings (SSSR count). The first-order valence-electron chi connectivity index (χ1n) is 7.68. The van der Waals surface area contributed by atoms with Crippen molar-refractivity contribution in [2.24, 2.45) is 0 Å². The number of benzene rings is 1. The van der Waals surface area contributed by atoms with Gasteiger partial charge in [0.15, 0.2) is 5.82 Å². The van der Waals surface area contributed by atoms with Gasteiger partial charge in [0.1, 0.15) is 0 Å². The molecule has 0 atom stereocenters. The standard InChI is InChI=1S/C17H21N3O/c18-15-10-7-13(8-11-15)9-12-16-19-17(20-21-16)14-5-3-1-2-4-6-14/h7-12,14H,1-6,18H2/b12-9+. The largest absolute Gasteiger partial charge is 0.399 e. The van der Waals surface area contributed by atoms with Crippen LogP contribution < -0.4 is 5.73 Å². The van der Waals surface area contributed by atoms with Crippen LogP contribution in [0.5, 0.6) is 0 Å². The lowest BCUT2D eigenvalue weighted by Gasteiger charge is -2.07. The Labute approximate surface area is 125 Å². The predicted octanol–water partition coefficient (Wildman–Crippen LogP) is 4.26. The lowest BCUT2D eigenvalue weighted by Crippen LogP contribution is -1.99. The minimum Gasteiger partial charge on any atom is -0.399 e. The molecule has 2 N–H and O–H groups in total. The zero-order valence-corrected chi connectivity index (χ0v) is 12.2. The Morgan fingerprint density at radius 1 is 1.00 bits per heavy atom. The van der Waals surface area contributed by atoms with E-state index in [-0.39, 0.29) is 0 Å². The number of hydrogen-bond donors (Lipinski definition) is 1. The van der Waals surface area contributed by atoms with Gasteiger partial charge < -0.3 is 10.3 Å². The molecule has 0 aliphatic heterocycles. The Balaban J connectivity index is 1.68. The Morgan fingerprint density at radius 3 is 2.43 bits per heavy atom. The van der Waals surface area contributed by atoms with Crippen molar-refractivity contribution in [1.82, 2.24) is 10.1 Å². The summed E-state index contributed by atoms with van der Waals surface area (Å²) in [6.07, 6.45) is 11.4. The van der Waals surface area contributed by atoms with Crippen LogP contribution in [0.3, 0.4) is 0 Å². The number of anilines is 1. The first-order chi connectivity index (χ1) is 10.3. The summed E-state index contributed by atoms with van der Waals surface area (Å²) in [6, 6.07) is 7.69. The summed E-state index contributed by atoms with van der Waals surface area (Å²) >= 11 is 0. The maximum atomic E-state index is 5.67. The number of nitrogens with zero attached hydrogens (tertiary/aromatic N) is 2. The van der Waals surface area contributed by atoms with Crippen molar-refractivity contribution >= 4 is 17.8 Å². The monoisotopic (exact) mass is 283 g/mol. The minimum absolute atomic E-state index is 0.468. The van der Waals surface area contributed by atoms with E-state index in [9.17, 15) is 0 Å². The van der Waals surface area contributed by atoms with E-state index in [2.05, 4.69) is 10.1 Å². The van der Waals surface area contributed by atoms with Crippen LogP contribution in [0.1, 0.15) is 61.7 Å². The van der Waals surface area contributed by atoms with Crippen molar-refractivity contribution in [3.05, 3.63) is 41.5 Å². The second kappa shape index (κ2) is 6.57. The van der Waals surface area contributed by atoms with Gasteiger partial charge in [-0.15, -0.1) is 0 Å². The number of hydrogen-bond acceptors (Lipinski definition) is 4. The van der Waals surface area contributed by atoms with Crippen LogP contribution >= 0.6 is 0 Å². The van der Waals surface area contributed by atoms with Crippen molar-refractivity contribution < 1.29 is 4.52 Å². The fraction of sp³-hybridized carbons (Fsp3) is 0.412. The second-order valence-electron chi connectivity index (χ2n) is 5.68. The van der Waals surface area contributed by atoms with Crippen molar-refractivity contribution in [3.63, 3.8) is 0 Å². The summed E-state index contributed by atoms with van der Waals surface area (Å²) in [5.74, 6) is 1.91. The molecule has 1 heterocycles. The highest BCUT2D eigenvalue weighted by Gasteiger charge is 2.19. The molecule has 2 aromatic rings. The number of rotatable bonds is 3. The Morgan fingerprint density at radius 2 is 1.71 bits per heavy atom. The van der Waals surface area contributed by atoms with Gasteiger partial charge >= 0.3 is 0 Å². The fourth-order valence-corrected chi connectivity index (χ4v) is 2.79. The molecule has 0 radical (unpaired) electrons. The van der Waals surface area contributed by atoms with Gasteiger partial charge in [0.2, 0.25) is 0 Å². The van der Waals surface area contributed by atoms with Gasteiger partial charge in [0, 0.05) is 17.7 Å². The topological polar surface area (TPSA) is 64.9 Å². The molecule has 21 heavy (non-hydrogen) atoms. The zero-order valence-electron chi connectivity index (χ0n) is 12.2. The predicted molar refractivity (Wildman–Crippen MR) is 84.5 cm³/mol. The third kappa shape index (κ3) is 3.72. The maximum Gasteiger partial charge on any atom is 0.250 e. The van der Waals surface area contributed by atoms with Gasteiger partial charge in [0.25, 0.3) is 5.89 Å². The summed E-state index contributed by atoms with van der Waals surface area (Å²) in [5, 5.41) is 4.15. The molecule has 1 saturated carbocycles. The van der Waals surface area contributed by atoms with Crippen LogP contribution in [0, 0.1) is 0 Å². The molecule has 0 unspecified atom stereocenters. The first-order valence-corrected chi connectivity index (χ1v) is 7.68. The van der Waals surface area contributed by atoms with Crippen LogP contribution in [0.15, 0.2) is 28.8 Å². The molecule has 110 valence electrons. The number of nitrogen functional groups attached to an aromatic ring is 1. The van der Waals surface area contributed by atoms with Gasteiger partial charge in [-0.1, -0.05) is 43.0 Å². The van der Waals surface area contributed by atoms with Crippen LogP contribution in [-0.2, 0) is 0 Å². The van der Waals surface area contributed by atoms with Crippen LogP contribution in [-0.4, -0.2) is 10.1 Å². The molecule has 0 spiro atoms. The normalized spacial score (nSPS) is 17.1. The molecular weight excluding hydrogens is 262 g/mol. The molecule has 1 fully saturated rings. The highest BCUT2D eigenvalue weighted by atomic mass is 16.5. The fourth-order valence-electron chi connectivity index (χ4n) is 2.79. The lowest BCUT2D eigenvalue weighted by molar-refractivity contribution is 0.393. The number of nitrogens with two attached hydrogens (primary N) is 1. The van der Waals surface area contributed by atoms with E-state index in [0.29, 0.717) is 11.8 Å². The van der Waals surface area contributed by atoms with Crippen molar-refractivity contribution in [2.45, 2.75) is 44.4 Å². The molecular formula is C17H21N3O. The molecule has 0 saturated heterocycles. The average molecular weight is 283 g/mol. The maximum absolute atomic E-state index is 5.67. The molecule has 0 bridgehead atoms. The third-order valence-electron chi connectivity index (χ3n) is 4.03. The molecule has 4 nitrogen and oxygen atoms in total. The van der Waals surface area contributed by atoms with Crippen LogP contribution in [0.4, 0.5) is 5.69 Å². The highest BCUT2D eigenvalue weighted by molar-refractivity contribution is 5.66. The van der Waals surface area contributed by atoms with Crippen LogP contribution in [0.25, 0.3) is 12.2 Å². The summed E-state index contributed by atoms with van der Waals surface area (Å²) in [7, 11) is 0. The van der Waals surface area contributed by atoms with E-state index in [0.717, 1.165) is 17.1 Å². The molecule has 1 aromatic carbocycles. The summed E-state index contributed by atoms with van der Waals surface area (Å²) in [4.78, 5) is 4.52. The Kier molecular flexibility index (Phi) is 4.34. The van der Waals surface area contributed by atoms with Gasteiger partial charge in [-0.2, -0.15) is 4.98 Å². The highest BCUT2D eigenvalue weighted by Crippen LogP contribution is 2.29. The van der Waals surface area contributed by atoms with Crippen molar-refractivity contribution in [2.75, 3.05) is 5.73 Å². The third-order valence-corrected chi connectivity index (χ3v) is 4.03. The molecule has 1 aromatic heterocycles. The van der Waals surface area contributed by atoms with E-state index < -0.39 is 0 Å². The Bertz CT molecular complexity index is 593. The van der Waals surface area contributed by atoms with E-state index >= 15 is 0 Å². The summed E-state index contributed by atoms with van der Waals surface area (Å²) in [6.45, 7) is 0. The molecule has 4 heteroatoms. The number of aromatic nitrogens is 2. The Hall–Kier alpha value is -2.10. The second-order valence-corrected chi connectivity index (χ2v) is 5.68. The van der Waals surface area contributed by atoms with Gasteiger partial charge in [0.05, 0.1) is 0 Å². The quantitative estimate of drug-likeness (QED) is 0.675. The SMILES string of the molecule is Nc1ccc(/C=C/c2nc(C3CCCCCC3)no2)cc1. The minimum atomic E-state index is 0.468.